The first kappa shape index (κ1) is 9.52. The average molecular weight is 200 g/mol. The number of hydrogen-bond acceptors (Lipinski definition) is 1. The van der Waals surface area contributed by atoms with Gasteiger partial charge < -0.3 is 9.88 Å². The maximum absolute atomic E-state index is 10.9. The molecule has 2 aromatic rings. The third-order valence-corrected chi connectivity index (χ3v) is 2.07. The van der Waals surface area contributed by atoms with Crippen molar-refractivity contribution in [2.75, 3.05) is 5.32 Å². The van der Waals surface area contributed by atoms with Crippen LogP contribution in [-0.4, -0.2) is 10.5 Å². The summed E-state index contributed by atoms with van der Waals surface area (Å²) >= 11 is 0. The summed E-state index contributed by atoms with van der Waals surface area (Å²) in [5.74, 6) is -0.0559. The quantitative estimate of drug-likeness (QED) is 0.793. The van der Waals surface area contributed by atoms with Gasteiger partial charge in [-0.3, -0.25) is 4.79 Å². The molecular formula is C12H12N2O. The second kappa shape index (κ2) is 4.00. The van der Waals surface area contributed by atoms with E-state index in [1.807, 2.05) is 53.4 Å². The van der Waals surface area contributed by atoms with Crippen LogP contribution in [0.4, 0.5) is 5.69 Å². The Morgan fingerprint density at radius 3 is 2.60 bits per heavy atom. The van der Waals surface area contributed by atoms with Gasteiger partial charge in [-0.15, -0.1) is 0 Å². The van der Waals surface area contributed by atoms with Crippen LogP contribution in [0.3, 0.4) is 0 Å². The van der Waals surface area contributed by atoms with E-state index < -0.39 is 0 Å². The van der Waals surface area contributed by atoms with Crippen molar-refractivity contribution in [3.63, 3.8) is 0 Å². The molecule has 0 bridgehead atoms. The van der Waals surface area contributed by atoms with Crippen molar-refractivity contribution in [3.05, 3.63) is 48.8 Å². The molecule has 1 heterocycles. The first-order valence-electron chi connectivity index (χ1n) is 4.77. The SMILES string of the molecule is CC(=O)Nc1cccc(-n2cccc2)c1. The van der Waals surface area contributed by atoms with Crippen LogP contribution in [0.5, 0.6) is 0 Å². The molecule has 1 N–H and O–H groups in total. The van der Waals surface area contributed by atoms with E-state index in [9.17, 15) is 4.79 Å². The normalized spacial score (nSPS) is 9.93. The maximum atomic E-state index is 10.9. The van der Waals surface area contributed by atoms with Gasteiger partial charge in [-0.2, -0.15) is 0 Å². The summed E-state index contributed by atoms with van der Waals surface area (Å²) in [4.78, 5) is 10.9. The summed E-state index contributed by atoms with van der Waals surface area (Å²) in [7, 11) is 0. The van der Waals surface area contributed by atoms with Crippen LogP contribution in [0, 0.1) is 0 Å². The van der Waals surface area contributed by atoms with Crippen LogP contribution < -0.4 is 5.32 Å². The monoisotopic (exact) mass is 200 g/mol. The fourth-order valence-electron chi connectivity index (χ4n) is 1.45. The lowest BCUT2D eigenvalue weighted by Gasteiger charge is -2.06. The molecule has 1 aromatic heterocycles. The summed E-state index contributed by atoms with van der Waals surface area (Å²) in [5, 5.41) is 2.75. The number of hydrogen-bond donors (Lipinski definition) is 1. The Labute approximate surface area is 88.3 Å². The van der Waals surface area contributed by atoms with Crippen molar-refractivity contribution in [1.82, 2.24) is 4.57 Å². The molecule has 3 nitrogen and oxygen atoms in total. The fourth-order valence-corrected chi connectivity index (χ4v) is 1.45. The summed E-state index contributed by atoms with van der Waals surface area (Å²) in [6, 6.07) is 11.6. The van der Waals surface area contributed by atoms with Crippen molar-refractivity contribution in [2.45, 2.75) is 6.92 Å². The minimum Gasteiger partial charge on any atom is -0.326 e. The van der Waals surface area contributed by atoms with E-state index in [0.29, 0.717) is 0 Å². The molecule has 0 aliphatic carbocycles. The van der Waals surface area contributed by atoms with Gasteiger partial charge in [-0.05, 0) is 30.3 Å². The summed E-state index contributed by atoms with van der Waals surface area (Å²) in [6.45, 7) is 1.50. The number of rotatable bonds is 2. The second-order valence-corrected chi connectivity index (χ2v) is 3.32. The smallest absolute Gasteiger partial charge is 0.221 e. The van der Waals surface area contributed by atoms with E-state index in [-0.39, 0.29) is 5.91 Å². The van der Waals surface area contributed by atoms with Crippen LogP contribution in [-0.2, 0) is 4.79 Å². The zero-order chi connectivity index (χ0) is 10.7. The lowest BCUT2D eigenvalue weighted by molar-refractivity contribution is -0.114. The maximum Gasteiger partial charge on any atom is 0.221 e. The van der Waals surface area contributed by atoms with E-state index >= 15 is 0 Å². The third kappa shape index (κ3) is 2.26. The predicted octanol–water partition coefficient (Wildman–Crippen LogP) is 2.44. The van der Waals surface area contributed by atoms with Crippen LogP contribution in [0.2, 0.25) is 0 Å². The van der Waals surface area contributed by atoms with Gasteiger partial charge in [-0.25, -0.2) is 0 Å². The van der Waals surface area contributed by atoms with Crippen molar-refractivity contribution >= 4 is 11.6 Å². The van der Waals surface area contributed by atoms with Gasteiger partial charge in [0.15, 0.2) is 0 Å². The number of benzene rings is 1. The van der Waals surface area contributed by atoms with Crippen molar-refractivity contribution in [3.8, 4) is 5.69 Å². The summed E-state index contributed by atoms with van der Waals surface area (Å²) < 4.78 is 1.99. The standard InChI is InChI=1S/C12H12N2O/c1-10(15)13-11-5-4-6-12(9-11)14-7-2-3-8-14/h2-9H,1H3,(H,13,15). The number of anilines is 1. The summed E-state index contributed by atoms with van der Waals surface area (Å²) in [5.41, 5.74) is 1.85. The molecule has 0 radical (unpaired) electrons. The van der Waals surface area contributed by atoms with E-state index in [2.05, 4.69) is 5.32 Å². The van der Waals surface area contributed by atoms with Crippen LogP contribution in [0.1, 0.15) is 6.92 Å². The third-order valence-electron chi connectivity index (χ3n) is 2.07. The highest BCUT2D eigenvalue weighted by Gasteiger charge is 1.98. The highest BCUT2D eigenvalue weighted by Crippen LogP contribution is 2.14. The Bertz CT molecular complexity index is 460. The Balaban J connectivity index is 2.31. The van der Waals surface area contributed by atoms with Gasteiger partial charge in [0.1, 0.15) is 0 Å². The van der Waals surface area contributed by atoms with Gasteiger partial charge in [0.25, 0.3) is 0 Å². The molecule has 76 valence electrons. The van der Waals surface area contributed by atoms with E-state index in [1.54, 1.807) is 0 Å². The van der Waals surface area contributed by atoms with Crippen LogP contribution >= 0.6 is 0 Å². The molecule has 1 amide bonds. The highest BCUT2D eigenvalue weighted by atomic mass is 16.1. The van der Waals surface area contributed by atoms with Gasteiger partial charge in [0, 0.05) is 30.7 Å². The zero-order valence-corrected chi connectivity index (χ0v) is 8.47. The van der Waals surface area contributed by atoms with Gasteiger partial charge in [0.2, 0.25) is 5.91 Å². The number of amides is 1. The Morgan fingerprint density at radius 2 is 1.93 bits per heavy atom. The van der Waals surface area contributed by atoms with Crippen molar-refractivity contribution < 1.29 is 4.79 Å². The number of nitrogens with zero attached hydrogens (tertiary/aromatic N) is 1. The Hall–Kier alpha value is -2.03. The molecule has 0 aliphatic rings. The molecule has 0 unspecified atom stereocenters. The molecule has 1 aromatic carbocycles. The van der Waals surface area contributed by atoms with Crippen LogP contribution in [0.15, 0.2) is 48.8 Å². The largest absolute Gasteiger partial charge is 0.326 e. The van der Waals surface area contributed by atoms with Crippen molar-refractivity contribution in [2.24, 2.45) is 0 Å². The molecular weight excluding hydrogens is 188 g/mol. The van der Waals surface area contributed by atoms with E-state index in [4.69, 9.17) is 0 Å². The number of carbonyl (C=O) groups is 1. The minimum absolute atomic E-state index is 0.0559. The molecule has 0 atom stereocenters. The number of carbonyl (C=O) groups excluding carboxylic acids is 1. The first-order chi connectivity index (χ1) is 7.25. The van der Waals surface area contributed by atoms with Crippen LogP contribution in [0.25, 0.3) is 5.69 Å². The zero-order valence-electron chi connectivity index (χ0n) is 8.47. The van der Waals surface area contributed by atoms with E-state index in [1.165, 1.54) is 6.92 Å². The van der Waals surface area contributed by atoms with E-state index in [0.717, 1.165) is 11.4 Å². The molecule has 0 aliphatic heterocycles. The van der Waals surface area contributed by atoms with Gasteiger partial charge in [0.05, 0.1) is 0 Å². The molecule has 0 saturated heterocycles. The first-order valence-corrected chi connectivity index (χ1v) is 4.77. The second-order valence-electron chi connectivity index (χ2n) is 3.32. The topological polar surface area (TPSA) is 34.0 Å². The molecule has 0 spiro atoms. The minimum atomic E-state index is -0.0559. The van der Waals surface area contributed by atoms with Gasteiger partial charge in [-0.1, -0.05) is 6.07 Å². The number of aromatic nitrogens is 1. The lowest BCUT2D eigenvalue weighted by atomic mass is 10.2. The molecule has 3 heteroatoms. The Morgan fingerprint density at radius 1 is 1.20 bits per heavy atom. The lowest BCUT2D eigenvalue weighted by Crippen LogP contribution is -2.05. The van der Waals surface area contributed by atoms with Gasteiger partial charge >= 0.3 is 0 Å². The molecule has 0 saturated carbocycles. The fraction of sp³-hybridized carbons (Fsp3) is 0.0833. The highest BCUT2D eigenvalue weighted by molar-refractivity contribution is 5.88. The molecule has 0 fully saturated rings. The molecule has 15 heavy (non-hydrogen) atoms. The average Bonchev–Trinajstić information content (AvgIpc) is 2.69. The Kier molecular flexibility index (Phi) is 2.54. The molecule has 2 rings (SSSR count). The summed E-state index contributed by atoms with van der Waals surface area (Å²) in [6.07, 6.45) is 3.93. The van der Waals surface area contributed by atoms with Crippen molar-refractivity contribution in [1.29, 1.82) is 0 Å². The predicted molar refractivity (Wildman–Crippen MR) is 60.1 cm³/mol. The number of nitrogens with one attached hydrogen (secondary N) is 1.